The Bertz CT molecular complexity index is 937. The van der Waals surface area contributed by atoms with Gasteiger partial charge in [-0.15, -0.1) is 22.7 Å². The fraction of sp³-hybridized carbons (Fsp3) is 0.435. The van der Waals surface area contributed by atoms with Crippen molar-refractivity contribution < 1.29 is 4.79 Å². The minimum absolute atomic E-state index is 0.286. The van der Waals surface area contributed by atoms with Crippen molar-refractivity contribution in [2.75, 3.05) is 14.1 Å². The first-order valence-corrected chi connectivity index (χ1v) is 11.7. The van der Waals surface area contributed by atoms with Crippen LogP contribution in [0.4, 0.5) is 0 Å². The lowest BCUT2D eigenvalue weighted by Crippen LogP contribution is -2.30. The average molecular weight is 413 g/mol. The lowest BCUT2D eigenvalue weighted by molar-refractivity contribution is 0.100. The lowest BCUT2D eigenvalue weighted by atomic mass is 9.76. The highest BCUT2D eigenvalue weighted by atomic mass is 32.1. The molecule has 0 saturated heterocycles. The molecule has 0 bridgehead atoms. The quantitative estimate of drug-likeness (QED) is 0.563. The normalized spacial score (nSPS) is 21.2. The zero-order chi connectivity index (χ0) is 19.7. The third kappa shape index (κ3) is 3.88. The highest BCUT2D eigenvalue weighted by molar-refractivity contribution is 7.19. The van der Waals surface area contributed by atoms with Gasteiger partial charge in [-0.3, -0.25) is 4.79 Å². The number of carbonyl (C=O) groups excluding carboxylic acids is 1. The van der Waals surface area contributed by atoms with E-state index in [1.165, 1.54) is 40.1 Å². The van der Waals surface area contributed by atoms with E-state index in [0.29, 0.717) is 17.9 Å². The van der Waals surface area contributed by atoms with Crippen molar-refractivity contribution in [3.05, 3.63) is 57.1 Å². The first kappa shape index (κ1) is 19.6. The molecule has 4 rings (SSSR count). The van der Waals surface area contributed by atoms with Crippen LogP contribution < -0.4 is 5.73 Å². The van der Waals surface area contributed by atoms with Gasteiger partial charge in [0.15, 0.2) is 0 Å². The fourth-order valence-corrected chi connectivity index (χ4v) is 7.19. The molecule has 0 spiro atoms. The zero-order valence-corrected chi connectivity index (χ0v) is 18.2. The minimum atomic E-state index is -0.286. The van der Waals surface area contributed by atoms with Crippen LogP contribution in [0.2, 0.25) is 0 Å². The van der Waals surface area contributed by atoms with Gasteiger partial charge in [0.05, 0.1) is 5.56 Å². The van der Waals surface area contributed by atoms with E-state index < -0.39 is 0 Å². The topological polar surface area (TPSA) is 46.3 Å². The maximum absolute atomic E-state index is 12.1. The van der Waals surface area contributed by atoms with Crippen molar-refractivity contribution in [2.24, 2.45) is 17.6 Å². The Balaban J connectivity index is 1.47. The molecule has 1 aromatic carbocycles. The van der Waals surface area contributed by atoms with E-state index in [1.54, 1.807) is 11.3 Å². The van der Waals surface area contributed by atoms with Gasteiger partial charge in [-0.05, 0) is 75.5 Å². The fourth-order valence-electron chi connectivity index (χ4n) is 4.85. The third-order valence-electron chi connectivity index (χ3n) is 6.12. The minimum Gasteiger partial charge on any atom is -0.366 e. The van der Waals surface area contributed by atoms with E-state index in [0.717, 1.165) is 17.4 Å². The maximum atomic E-state index is 12.1. The molecule has 1 unspecified atom stereocenters. The molecule has 1 aliphatic carbocycles. The third-order valence-corrected chi connectivity index (χ3v) is 8.25. The molecule has 2 heterocycles. The van der Waals surface area contributed by atoms with E-state index in [4.69, 9.17) is 5.73 Å². The Kier molecular flexibility index (Phi) is 5.85. The molecule has 0 radical (unpaired) electrons. The number of hydrogen-bond acceptors (Lipinski definition) is 4. The van der Waals surface area contributed by atoms with Gasteiger partial charge in [-0.25, -0.2) is 0 Å². The van der Waals surface area contributed by atoms with E-state index in [2.05, 4.69) is 42.6 Å². The van der Waals surface area contributed by atoms with Crippen LogP contribution in [0.15, 0.2) is 41.8 Å². The van der Waals surface area contributed by atoms with E-state index >= 15 is 0 Å². The molecule has 1 atom stereocenters. The number of carbonyl (C=O) groups is 1. The number of nitrogens with zero attached hydrogens (tertiary/aromatic N) is 1. The number of fused-ring (bicyclic) bond motifs is 1. The lowest BCUT2D eigenvalue weighted by Gasteiger charge is -2.37. The van der Waals surface area contributed by atoms with Crippen LogP contribution in [0, 0.1) is 11.8 Å². The van der Waals surface area contributed by atoms with Crippen LogP contribution in [0.5, 0.6) is 0 Å². The number of rotatable bonds is 6. The molecule has 1 saturated carbocycles. The molecule has 3 aromatic rings. The van der Waals surface area contributed by atoms with Gasteiger partial charge in [-0.1, -0.05) is 24.3 Å². The predicted octanol–water partition coefficient (Wildman–Crippen LogP) is 5.71. The monoisotopic (exact) mass is 412 g/mol. The summed E-state index contributed by atoms with van der Waals surface area (Å²) in [4.78, 5) is 17.2. The summed E-state index contributed by atoms with van der Waals surface area (Å²) in [5.41, 5.74) is 6.50. The predicted molar refractivity (Wildman–Crippen MR) is 120 cm³/mol. The Hall–Kier alpha value is -1.69. The van der Waals surface area contributed by atoms with Crippen molar-refractivity contribution in [2.45, 2.75) is 38.1 Å². The number of nitrogens with two attached hydrogens (primary N) is 1. The van der Waals surface area contributed by atoms with Gasteiger partial charge in [0.2, 0.25) is 5.91 Å². The Morgan fingerprint density at radius 1 is 1.14 bits per heavy atom. The first-order chi connectivity index (χ1) is 13.5. The second-order valence-electron chi connectivity index (χ2n) is 8.17. The summed E-state index contributed by atoms with van der Waals surface area (Å²) in [6.07, 6.45) is 5.94. The van der Waals surface area contributed by atoms with Crippen molar-refractivity contribution in [3.63, 3.8) is 0 Å². The second kappa shape index (κ2) is 8.36. The van der Waals surface area contributed by atoms with Crippen LogP contribution in [-0.4, -0.2) is 24.9 Å². The van der Waals surface area contributed by atoms with Crippen LogP contribution in [0.25, 0.3) is 10.1 Å². The summed E-state index contributed by atoms with van der Waals surface area (Å²) < 4.78 is 1.17. The molecular formula is C23H28N2OS2. The summed E-state index contributed by atoms with van der Waals surface area (Å²) in [6, 6.07) is 13.1. The Labute approximate surface area is 175 Å². The molecular weight excluding hydrogens is 384 g/mol. The van der Waals surface area contributed by atoms with Crippen molar-refractivity contribution in [1.29, 1.82) is 0 Å². The summed E-state index contributed by atoms with van der Waals surface area (Å²) in [5.74, 6) is 1.07. The Morgan fingerprint density at radius 3 is 2.54 bits per heavy atom. The number of amides is 1. The van der Waals surface area contributed by atoms with Crippen molar-refractivity contribution in [1.82, 2.24) is 4.90 Å². The second-order valence-corrected chi connectivity index (χ2v) is 10.3. The SMILES string of the molecule is CN(C)C(c1cccs1)C1CCC(Cc2sc3ccccc3c2C(N)=O)CC1. The maximum Gasteiger partial charge on any atom is 0.250 e. The smallest absolute Gasteiger partial charge is 0.250 e. The van der Waals surface area contributed by atoms with E-state index in [1.807, 2.05) is 29.5 Å². The van der Waals surface area contributed by atoms with Gasteiger partial charge < -0.3 is 10.6 Å². The van der Waals surface area contributed by atoms with Crippen molar-refractivity contribution in [3.8, 4) is 0 Å². The molecule has 1 aliphatic rings. The Morgan fingerprint density at radius 2 is 1.89 bits per heavy atom. The van der Waals surface area contributed by atoms with Gasteiger partial charge in [0.1, 0.15) is 0 Å². The van der Waals surface area contributed by atoms with Crippen LogP contribution in [-0.2, 0) is 6.42 Å². The average Bonchev–Trinajstić information content (AvgIpc) is 3.30. The largest absolute Gasteiger partial charge is 0.366 e. The standard InChI is InChI=1S/C23H28N2OS2/c1-25(2)22(19-8-5-13-27-19)16-11-9-15(10-12-16)14-20-21(23(24)26)17-6-3-4-7-18(17)28-20/h3-8,13,15-16,22H,9-12,14H2,1-2H3,(H2,24,26). The molecule has 2 N–H and O–H groups in total. The molecule has 2 aromatic heterocycles. The molecule has 3 nitrogen and oxygen atoms in total. The number of thiophene rings is 2. The molecule has 1 amide bonds. The van der Waals surface area contributed by atoms with Crippen molar-refractivity contribution >= 4 is 38.7 Å². The first-order valence-electron chi connectivity index (χ1n) is 10.0. The molecule has 28 heavy (non-hydrogen) atoms. The highest BCUT2D eigenvalue weighted by Crippen LogP contribution is 2.42. The molecule has 1 fully saturated rings. The number of primary amides is 1. The highest BCUT2D eigenvalue weighted by Gasteiger charge is 2.31. The van der Waals surface area contributed by atoms with Crippen LogP contribution in [0.1, 0.15) is 51.8 Å². The molecule has 0 aliphatic heterocycles. The van der Waals surface area contributed by atoms with Gasteiger partial charge in [0, 0.05) is 25.9 Å². The van der Waals surface area contributed by atoms with Gasteiger partial charge >= 0.3 is 0 Å². The summed E-state index contributed by atoms with van der Waals surface area (Å²) >= 11 is 3.62. The summed E-state index contributed by atoms with van der Waals surface area (Å²) in [7, 11) is 4.40. The van der Waals surface area contributed by atoms with E-state index in [9.17, 15) is 4.79 Å². The molecule has 5 heteroatoms. The summed E-state index contributed by atoms with van der Waals surface area (Å²) in [6.45, 7) is 0. The number of hydrogen-bond donors (Lipinski definition) is 1. The summed E-state index contributed by atoms with van der Waals surface area (Å²) in [5, 5.41) is 3.21. The zero-order valence-electron chi connectivity index (χ0n) is 16.6. The van der Waals surface area contributed by atoms with Crippen LogP contribution >= 0.6 is 22.7 Å². The van der Waals surface area contributed by atoms with Gasteiger partial charge in [0.25, 0.3) is 0 Å². The number of benzene rings is 1. The van der Waals surface area contributed by atoms with Crippen LogP contribution in [0.3, 0.4) is 0 Å². The molecule has 148 valence electrons. The van der Waals surface area contributed by atoms with Gasteiger partial charge in [-0.2, -0.15) is 0 Å². The van der Waals surface area contributed by atoms with E-state index in [-0.39, 0.29) is 5.91 Å².